The SMILES string of the molecule is CCSc1ccc(F)cc1C. The summed E-state index contributed by atoms with van der Waals surface area (Å²) < 4.78 is 12.6. The highest BCUT2D eigenvalue weighted by molar-refractivity contribution is 7.99. The Kier molecular flexibility index (Phi) is 2.94. The molecule has 0 fully saturated rings. The van der Waals surface area contributed by atoms with Gasteiger partial charge in [0, 0.05) is 4.90 Å². The minimum absolute atomic E-state index is 0.150. The first kappa shape index (κ1) is 8.60. The molecule has 2 heteroatoms. The maximum absolute atomic E-state index is 12.6. The zero-order valence-corrected chi connectivity index (χ0v) is 7.54. The number of halogens is 1. The van der Waals surface area contributed by atoms with Crippen LogP contribution >= 0.6 is 11.8 Å². The molecule has 0 nitrogen and oxygen atoms in total. The van der Waals surface area contributed by atoms with Crippen LogP contribution in [0, 0.1) is 12.7 Å². The van der Waals surface area contributed by atoms with Crippen LogP contribution in [0.15, 0.2) is 23.1 Å². The molecule has 0 aromatic heterocycles. The highest BCUT2D eigenvalue weighted by Crippen LogP contribution is 2.22. The van der Waals surface area contributed by atoms with Crippen LogP contribution < -0.4 is 0 Å². The summed E-state index contributed by atoms with van der Waals surface area (Å²) in [4.78, 5) is 1.17. The number of rotatable bonds is 2. The monoisotopic (exact) mass is 170 g/mol. The van der Waals surface area contributed by atoms with Gasteiger partial charge in [0.1, 0.15) is 5.82 Å². The van der Waals surface area contributed by atoms with Crippen molar-refractivity contribution in [3.8, 4) is 0 Å². The van der Waals surface area contributed by atoms with Crippen molar-refractivity contribution in [1.29, 1.82) is 0 Å². The van der Waals surface area contributed by atoms with E-state index in [0.29, 0.717) is 0 Å². The lowest BCUT2D eigenvalue weighted by molar-refractivity contribution is 0.625. The molecule has 0 aliphatic carbocycles. The van der Waals surface area contributed by atoms with E-state index in [1.54, 1.807) is 17.8 Å². The van der Waals surface area contributed by atoms with Crippen molar-refractivity contribution in [3.05, 3.63) is 29.6 Å². The second-order valence-corrected chi connectivity index (χ2v) is 3.65. The molecule has 0 aliphatic rings. The highest BCUT2D eigenvalue weighted by Gasteiger charge is 1.97. The summed E-state index contributed by atoms with van der Waals surface area (Å²) in [5.74, 6) is 0.884. The van der Waals surface area contributed by atoms with Gasteiger partial charge in [-0.1, -0.05) is 6.92 Å². The molecule has 0 atom stereocenters. The van der Waals surface area contributed by atoms with Gasteiger partial charge in [0.05, 0.1) is 0 Å². The van der Waals surface area contributed by atoms with E-state index in [1.165, 1.54) is 11.0 Å². The van der Waals surface area contributed by atoms with E-state index in [0.717, 1.165) is 11.3 Å². The molecule has 0 unspecified atom stereocenters. The Morgan fingerprint density at radius 3 is 2.73 bits per heavy atom. The van der Waals surface area contributed by atoms with Crippen molar-refractivity contribution >= 4 is 11.8 Å². The zero-order chi connectivity index (χ0) is 8.27. The van der Waals surface area contributed by atoms with Crippen molar-refractivity contribution < 1.29 is 4.39 Å². The molecule has 1 aromatic carbocycles. The summed E-state index contributed by atoms with van der Waals surface area (Å²) in [6, 6.07) is 4.90. The molecule has 0 spiro atoms. The molecule has 0 bridgehead atoms. The first-order valence-corrected chi connectivity index (χ1v) is 4.61. The van der Waals surface area contributed by atoms with E-state index < -0.39 is 0 Å². The average molecular weight is 170 g/mol. The predicted octanol–water partition coefficient (Wildman–Crippen LogP) is 3.25. The molecule has 0 radical (unpaired) electrons. The Morgan fingerprint density at radius 2 is 2.18 bits per heavy atom. The second kappa shape index (κ2) is 3.77. The Morgan fingerprint density at radius 1 is 1.45 bits per heavy atom. The lowest BCUT2D eigenvalue weighted by atomic mass is 10.2. The fourth-order valence-corrected chi connectivity index (χ4v) is 1.69. The fraction of sp³-hybridized carbons (Fsp3) is 0.333. The molecule has 0 heterocycles. The van der Waals surface area contributed by atoms with Gasteiger partial charge in [0.25, 0.3) is 0 Å². The second-order valence-electron chi connectivity index (χ2n) is 2.34. The van der Waals surface area contributed by atoms with Crippen molar-refractivity contribution in [1.82, 2.24) is 0 Å². The number of aryl methyl sites for hydroxylation is 1. The summed E-state index contributed by atoms with van der Waals surface area (Å²) in [6.45, 7) is 4.02. The number of benzene rings is 1. The fourth-order valence-electron chi connectivity index (χ4n) is 0.930. The molecule has 11 heavy (non-hydrogen) atoms. The van der Waals surface area contributed by atoms with Crippen LogP contribution in [-0.4, -0.2) is 5.75 Å². The van der Waals surface area contributed by atoms with Gasteiger partial charge in [-0.05, 0) is 36.4 Å². The van der Waals surface area contributed by atoms with Crippen LogP contribution in [0.1, 0.15) is 12.5 Å². The normalized spacial score (nSPS) is 10.1. The Hall–Kier alpha value is -0.500. The van der Waals surface area contributed by atoms with E-state index in [1.807, 2.05) is 13.0 Å². The van der Waals surface area contributed by atoms with Crippen molar-refractivity contribution in [2.75, 3.05) is 5.75 Å². The standard InChI is InChI=1S/C9H11FS/c1-3-11-9-5-4-8(10)6-7(9)2/h4-6H,3H2,1-2H3. The zero-order valence-electron chi connectivity index (χ0n) is 6.73. The number of hydrogen-bond donors (Lipinski definition) is 0. The van der Waals surface area contributed by atoms with E-state index in [-0.39, 0.29) is 5.82 Å². The van der Waals surface area contributed by atoms with Crippen LogP contribution in [0.4, 0.5) is 4.39 Å². The van der Waals surface area contributed by atoms with Gasteiger partial charge in [0.2, 0.25) is 0 Å². The third-order valence-corrected chi connectivity index (χ3v) is 2.49. The van der Waals surface area contributed by atoms with Crippen molar-refractivity contribution in [3.63, 3.8) is 0 Å². The molecule has 1 aromatic rings. The van der Waals surface area contributed by atoms with Gasteiger partial charge in [-0.2, -0.15) is 0 Å². The Labute approximate surface area is 70.8 Å². The smallest absolute Gasteiger partial charge is 0.123 e. The maximum atomic E-state index is 12.6. The third kappa shape index (κ3) is 2.22. The van der Waals surface area contributed by atoms with Crippen molar-refractivity contribution in [2.45, 2.75) is 18.7 Å². The van der Waals surface area contributed by atoms with Crippen LogP contribution in [0.2, 0.25) is 0 Å². The third-order valence-electron chi connectivity index (χ3n) is 1.44. The lowest BCUT2D eigenvalue weighted by Crippen LogP contribution is -1.81. The average Bonchev–Trinajstić information content (AvgIpc) is 1.95. The molecular weight excluding hydrogens is 159 g/mol. The quantitative estimate of drug-likeness (QED) is 0.614. The van der Waals surface area contributed by atoms with Gasteiger partial charge in [-0.3, -0.25) is 0 Å². The number of hydrogen-bond acceptors (Lipinski definition) is 1. The van der Waals surface area contributed by atoms with Gasteiger partial charge >= 0.3 is 0 Å². The Balaban J connectivity index is 2.90. The molecule has 0 aliphatic heterocycles. The first-order valence-electron chi connectivity index (χ1n) is 3.63. The van der Waals surface area contributed by atoms with E-state index >= 15 is 0 Å². The van der Waals surface area contributed by atoms with E-state index in [2.05, 4.69) is 6.92 Å². The van der Waals surface area contributed by atoms with E-state index in [4.69, 9.17) is 0 Å². The Bertz CT molecular complexity index is 245. The lowest BCUT2D eigenvalue weighted by Gasteiger charge is -2.02. The topological polar surface area (TPSA) is 0 Å². The molecule has 0 N–H and O–H groups in total. The summed E-state index contributed by atoms with van der Waals surface area (Å²) in [6.07, 6.45) is 0. The summed E-state index contributed by atoms with van der Waals surface area (Å²) in [5.41, 5.74) is 1.02. The molecule has 60 valence electrons. The van der Waals surface area contributed by atoms with Gasteiger partial charge in [-0.25, -0.2) is 4.39 Å². The largest absolute Gasteiger partial charge is 0.207 e. The predicted molar refractivity (Wildman–Crippen MR) is 47.5 cm³/mol. The van der Waals surface area contributed by atoms with Gasteiger partial charge in [0.15, 0.2) is 0 Å². The maximum Gasteiger partial charge on any atom is 0.123 e. The molecule has 0 saturated carbocycles. The first-order chi connectivity index (χ1) is 5.24. The number of thioether (sulfide) groups is 1. The van der Waals surface area contributed by atoms with Crippen LogP contribution in [-0.2, 0) is 0 Å². The summed E-state index contributed by atoms with van der Waals surface area (Å²) >= 11 is 1.74. The van der Waals surface area contributed by atoms with Gasteiger partial charge < -0.3 is 0 Å². The molecule has 1 rings (SSSR count). The minimum Gasteiger partial charge on any atom is -0.207 e. The van der Waals surface area contributed by atoms with E-state index in [9.17, 15) is 4.39 Å². The summed E-state index contributed by atoms with van der Waals surface area (Å²) in [5, 5.41) is 0. The van der Waals surface area contributed by atoms with Crippen molar-refractivity contribution in [2.24, 2.45) is 0 Å². The molecular formula is C9H11FS. The summed E-state index contributed by atoms with van der Waals surface area (Å²) in [7, 11) is 0. The van der Waals surface area contributed by atoms with Crippen LogP contribution in [0.3, 0.4) is 0 Å². The minimum atomic E-state index is -0.150. The molecule has 0 amide bonds. The highest BCUT2D eigenvalue weighted by atomic mass is 32.2. The van der Waals surface area contributed by atoms with Gasteiger partial charge in [-0.15, -0.1) is 11.8 Å². The molecule has 0 saturated heterocycles. The van der Waals surface area contributed by atoms with Crippen LogP contribution in [0.25, 0.3) is 0 Å². The van der Waals surface area contributed by atoms with Crippen LogP contribution in [0.5, 0.6) is 0 Å².